The Kier molecular flexibility index (Phi) is 3.47. The number of carbonyl (C=O) groups excluding carboxylic acids is 1. The van der Waals surface area contributed by atoms with Crippen molar-refractivity contribution in [1.29, 1.82) is 0 Å². The highest BCUT2D eigenvalue weighted by atomic mass is 16.2. The van der Waals surface area contributed by atoms with Crippen LogP contribution in [0.5, 0.6) is 0 Å². The summed E-state index contributed by atoms with van der Waals surface area (Å²) in [6, 6.07) is 3.71. The summed E-state index contributed by atoms with van der Waals surface area (Å²) in [5.41, 5.74) is 3.50. The average molecular weight is 271 g/mol. The normalized spacial score (nSPS) is 15.4. The van der Waals surface area contributed by atoms with Crippen LogP contribution in [0.15, 0.2) is 24.5 Å². The maximum atomic E-state index is 12.3. The van der Waals surface area contributed by atoms with E-state index in [1.54, 1.807) is 12.4 Å². The van der Waals surface area contributed by atoms with E-state index in [0.29, 0.717) is 12.2 Å². The first kappa shape index (κ1) is 12.8. The van der Waals surface area contributed by atoms with Crippen LogP contribution in [0.1, 0.15) is 40.3 Å². The molecule has 1 unspecified atom stereocenters. The molecule has 3 N–H and O–H groups in total. The lowest BCUT2D eigenvalue weighted by Crippen LogP contribution is -2.30. The van der Waals surface area contributed by atoms with Gasteiger partial charge in [-0.1, -0.05) is 6.07 Å². The van der Waals surface area contributed by atoms with Crippen LogP contribution in [0.3, 0.4) is 0 Å². The van der Waals surface area contributed by atoms with Crippen molar-refractivity contribution in [3.8, 4) is 0 Å². The van der Waals surface area contributed by atoms with Gasteiger partial charge in [-0.2, -0.15) is 5.10 Å². The predicted octanol–water partition coefficient (Wildman–Crippen LogP) is 0.941. The van der Waals surface area contributed by atoms with Crippen molar-refractivity contribution in [3.63, 3.8) is 0 Å². The third kappa shape index (κ3) is 2.42. The Hall–Kier alpha value is -2.21. The van der Waals surface area contributed by atoms with Gasteiger partial charge in [-0.15, -0.1) is 0 Å². The van der Waals surface area contributed by atoms with Crippen LogP contribution < -0.4 is 10.6 Å². The zero-order valence-corrected chi connectivity index (χ0v) is 11.3. The summed E-state index contributed by atoms with van der Waals surface area (Å²) in [7, 11) is 0. The van der Waals surface area contributed by atoms with Crippen molar-refractivity contribution in [3.05, 3.63) is 47.0 Å². The summed E-state index contributed by atoms with van der Waals surface area (Å²) >= 11 is 0. The molecule has 20 heavy (non-hydrogen) atoms. The number of fused-ring (bicyclic) bond motifs is 1. The number of aromatic amines is 1. The minimum Gasteiger partial charge on any atom is -0.344 e. The third-order valence-electron chi connectivity index (χ3n) is 3.55. The fraction of sp³-hybridized carbons (Fsp3) is 0.357. The molecule has 0 fully saturated rings. The van der Waals surface area contributed by atoms with Gasteiger partial charge in [-0.25, -0.2) is 0 Å². The average Bonchev–Trinajstić information content (AvgIpc) is 2.92. The van der Waals surface area contributed by atoms with E-state index < -0.39 is 0 Å². The van der Waals surface area contributed by atoms with Gasteiger partial charge in [0, 0.05) is 43.2 Å². The van der Waals surface area contributed by atoms with Crippen molar-refractivity contribution in [2.24, 2.45) is 0 Å². The number of nitrogens with one attached hydrogen (secondary N) is 3. The van der Waals surface area contributed by atoms with Gasteiger partial charge >= 0.3 is 0 Å². The Balaban J connectivity index is 1.75. The molecule has 2 aromatic rings. The van der Waals surface area contributed by atoms with Crippen LogP contribution in [0.2, 0.25) is 0 Å². The molecule has 0 saturated carbocycles. The van der Waals surface area contributed by atoms with Gasteiger partial charge in [-0.05, 0) is 18.6 Å². The highest BCUT2D eigenvalue weighted by Crippen LogP contribution is 2.17. The zero-order chi connectivity index (χ0) is 13.9. The molecule has 0 saturated heterocycles. The topological polar surface area (TPSA) is 82.7 Å². The van der Waals surface area contributed by atoms with Crippen molar-refractivity contribution >= 4 is 5.91 Å². The van der Waals surface area contributed by atoms with E-state index in [0.717, 1.165) is 29.8 Å². The standard InChI is InChI=1S/C14H17N5O/c1-9(10-3-2-5-15-7-10)17-14(20)13-11-8-16-6-4-12(11)18-19-13/h2-3,5,7,9,16H,4,6,8H2,1H3,(H,17,20)(H,18,19). The van der Waals surface area contributed by atoms with E-state index in [4.69, 9.17) is 0 Å². The lowest BCUT2D eigenvalue weighted by atomic mass is 10.1. The number of hydrogen-bond acceptors (Lipinski definition) is 4. The molecule has 0 radical (unpaired) electrons. The molecule has 1 aliphatic rings. The van der Waals surface area contributed by atoms with Crippen LogP contribution in [0, 0.1) is 0 Å². The quantitative estimate of drug-likeness (QED) is 0.776. The van der Waals surface area contributed by atoms with Gasteiger partial charge in [0.2, 0.25) is 0 Å². The molecule has 0 spiro atoms. The van der Waals surface area contributed by atoms with Gasteiger partial charge < -0.3 is 10.6 Å². The Morgan fingerprint density at radius 3 is 3.20 bits per heavy atom. The van der Waals surface area contributed by atoms with Gasteiger partial charge in [0.05, 0.1) is 6.04 Å². The molecule has 0 aromatic carbocycles. The number of carbonyl (C=O) groups is 1. The molecule has 6 heteroatoms. The highest BCUT2D eigenvalue weighted by Gasteiger charge is 2.22. The first-order valence-corrected chi connectivity index (χ1v) is 6.73. The number of amides is 1. The second kappa shape index (κ2) is 5.42. The molecule has 6 nitrogen and oxygen atoms in total. The summed E-state index contributed by atoms with van der Waals surface area (Å²) in [6.07, 6.45) is 4.36. The predicted molar refractivity (Wildman–Crippen MR) is 74.1 cm³/mol. The van der Waals surface area contributed by atoms with E-state index in [1.165, 1.54) is 0 Å². The summed E-state index contributed by atoms with van der Waals surface area (Å²) in [5.74, 6) is -0.150. The van der Waals surface area contributed by atoms with E-state index in [9.17, 15) is 4.79 Å². The minimum atomic E-state index is -0.150. The molecule has 0 aliphatic carbocycles. The van der Waals surface area contributed by atoms with Crippen LogP contribution in [0.25, 0.3) is 0 Å². The van der Waals surface area contributed by atoms with Crippen LogP contribution in [-0.4, -0.2) is 27.6 Å². The van der Waals surface area contributed by atoms with E-state index in [1.807, 2.05) is 19.1 Å². The highest BCUT2D eigenvalue weighted by molar-refractivity contribution is 5.94. The number of rotatable bonds is 3. The van der Waals surface area contributed by atoms with E-state index in [-0.39, 0.29) is 11.9 Å². The number of aromatic nitrogens is 3. The fourth-order valence-corrected chi connectivity index (χ4v) is 2.39. The molecule has 0 bridgehead atoms. The summed E-state index contributed by atoms with van der Waals surface area (Å²) in [4.78, 5) is 16.4. The third-order valence-corrected chi connectivity index (χ3v) is 3.55. The van der Waals surface area contributed by atoms with Gasteiger partial charge in [-0.3, -0.25) is 14.9 Å². The van der Waals surface area contributed by atoms with E-state index >= 15 is 0 Å². The van der Waals surface area contributed by atoms with Gasteiger partial charge in [0.25, 0.3) is 5.91 Å². The lowest BCUT2D eigenvalue weighted by Gasteiger charge is -2.15. The Morgan fingerprint density at radius 2 is 2.40 bits per heavy atom. The molecule has 3 rings (SSSR count). The number of pyridine rings is 1. The summed E-state index contributed by atoms with van der Waals surface area (Å²) in [5, 5.41) is 13.3. The van der Waals surface area contributed by atoms with Crippen molar-refractivity contribution in [2.45, 2.75) is 25.9 Å². The molecule has 1 amide bonds. The first-order valence-electron chi connectivity index (χ1n) is 6.73. The molecule has 1 atom stereocenters. The Labute approximate surface area is 117 Å². The largest absolute Gasteiger partial charge is 0.344 e. The fourth-order valence-electron chi connectivity index (χ4n) is 2.39. The SMILES string of the molecule is CC(NC(=O)c1n[nH]c2c1CNCC2)c1cccnc1. The van der Waals surface area contributed by atoms with Crippen LogP contribution >= 0.6 is 0 Å². The molecule has 104 valence electrons. The monoisotopic (exact) mass is 271 g/mol. The number of nitrogens with zero attached hydrogens (tertiary/aromatic N) is 2. The minimum absolute atomic E-state index is 0.0971. The molecular weight excluding hydrogens is 254 g/mol. The van der Waals surface area contributed by atoms with Crippen LogP contribution in [-0.2, 0) is 13.0 Å². The Morgan fingerprint density at radius 1 is 1.50 bits per heavy atom. The van der Waals surface area contributed by atoms with Crippen molar-refractivity contribution in [2.75, 3.05) is 6.54 Å². The first-order chi connectivity index (χ1) is 9.75. The van der Waals surface area contributed by atoms with Gasteiger partial charge in [0.1, 0.15) is 0 Å². The maximum absolute atomic E-state index is 12.3. The lowest BCUT2D eigenvalue weighted by molar-refractivity contribution is 0.0933. The number of H-pyrrole nitrogens is 1. The number of hydrogen-bond donors (Lipinski definition) is 3. The summed E-state index contributed by atoms with van der Waals surface area (Å²) in [6.45, 7) is 3.55. The Bertz CT molecular complexity index is 607. The van der Waals surface area contributed by atoms with Crippen molar-refractivity contribution < 1.29 is 4.79 Å². The van der Waals surface area contributed by atoms with Crippen LogP contribution in [0.4, 0.5) is 0 Å². The molecule has 1 aliphatic heterocycles. The second-order valence-electron chi connectivity index (χ2n) is 4.94. The second-order valence-corrected chi connectivity index (χ2v) is 4.94. The van der Waals surface area contributed by atoms with Gasteiger partial charge in [0.15, 0.2) is 5.69 Å². The van der Waals surface area contributed by atoms with Crippen molar-refractivity contribution in [1.82, 2.24) is 25.8 Å². The molecule has 3 heterocycles. The molecular formula is C14H17N5O. The smallest absolute Gasteiger partial charge is 0.272 e. The van der Waals surface area contributed by atoms with E-state index in [2.05, 4.69) is 25.8 Å². The molecule has 2 aromatic heterocycles. The maximum Gasteiger partial charge on any atom is 0.272 e. The summed E-state index contributed by atoms with van der Waals surface area (Å²) < 4.78 is 0. The zero-order valence-electron chi connectivity index (χ0n) is 11.3.